The summed E-state index contributed by atoms with van der Waals surface area (Å²) in [5, 5.41) is 9.50. The Morgan fingerprint density at radius 3 is 2.11 bits per heavy atom. The van der Waals surface area contributed by atoms with Crippen molar-refractivity contribution >= 4 is 17.6 Å². The quantitative estimate of drug-likeness (QED) is 0.808. The summed E-state index contributed by atoms with van der Waals surface area (Å²) in [5.74, 6) is -8.03. The normalized spacial score (nSPS) is 11.2. The number of alkyl halides is 3. The molecule has 98 valence electrons. The van der Waals surface area contributed by atoms with Gasteiger partial charge in [-0.1, -0.05) is 0 Å². The first-order valence-electron chi connectivity index (χ1n) is 4.24. The zero-order valence-corrected chi connectivity index (χ0v) is 8.31. The van der Waals surface area contributed by atoms with Crippen LogP contribution in [-0.2, 0) is 4.79 Å². The Morgan fingerprint density at radius 2 is 1.67 bits per heavy atom. The summed E-state index contributed by atoms with van der Waals surface area (Å²) in [6.45, 7) is 0. The molecule has 0 aliphatic carbocycles. The molecule has 4 nitrogen and oxygen atoms in total. The highest BCUT2D eigenvalue weighted by molar-refractivity contribution is 5.96. The SMILES string of the molecule is O=C(O)c1ccc(NC(=O)C(F)(F)F)c(F)c1F. The van der Waals surface area contributed by atoms with Crippen molar-refractivity contribution in [3.05, 3.63) is 29.3 Å². The molecule has 0 aliphatic rings. The van der Waals surface area contributed by atoms with Crippen LogP contribution in [0.15, 0.2) is 12.1 Å². The highest BCUT2D eigenvalue weighted by atomic mass is 19.4. The molecule has 0 heterocycles. The minimum Gasteiger partial charge on any atom is -0.478 e. The van der Waals surface area contributed by atoms with Crippen LogP contribution in [-0.4, -0.2) is 23.2 Å². The van der Waals surface area contributed by atoms with E-state index in [1.54, 1.807) is 0 Å². The average Bonchev–Trinajstić information content (AvgIpc) is 2.22. The molecule has 0 unspecified atom stereocenters. The summed E-state index contributed by atoms with van der Waals surface area (Å²) in [5.41, 5.74) is -2.16. The Hall–Kier alpha value is -2.19. The maximum Gasteiger partial charge on any atom is 0.471 e. The van der Waals surface area contributed by atoms with Crippen molar-refractivity contribution in [1.29, 1.82) is 0 Å². The number of carboxylic acids is 1. The lowest BCUT2D eigenvalue weighted by Crippen LogP contribution is -2.30. The number of benzene rings is 1. The number of carbonyl (C=O) groups is 2. The van der Waals surface area contributed by atoms with Crippen LogP contribution in [0.5, 0.6) is 0 Å². The lowest BCUT2D eigenvalue weighted by atomic mass is 10.2. The molecule has 0 saturated carbocycles. The molecule has 0 spiro atoms. The van der Waals surface area contributed by atoms with E-state index in [4.69, 9.17) is 5.11 Å². The second kappa shape index (κ2) is 4.59. The Bertz CT molecular complexity index is 512. The molecule has 0 atom stereocenters. The number of aromatic carboxylic acids is 1. The molecule has 0 saturated heterocycles. The van der Waals surface area contributed by atoms with Crippen molar-refractivity contribution in [2.75, 3.05) is 5.32 Å². The lowest BCUT2D eigenvalue weighted by Gasteiger charge is -2.09. The molecule has 0 aliphatic heterocycles. The van der Waals surface area contributed by atoms with Gasteiger partial charge in [0.1, 0.15) is 0 Å². The van der Waals surface area contributed by atoms with Gasteiger partial charge in [-0.2, -0.15) is 13.2 Å². The molecule has 1 aromatic carbocycles. The Labute approximate surface area is 96.0 Å². The molecule has 0 bridgehead atoms. The van der Waals surface area contributed by atoms with E-state index in [9.17, 15) is 31.5 Å². The van der Waals surface area contributed by atoms with Gasteiger partial charge in [0.25, 0.3) is 0 Å². The molecule has 1 aromatic rings. The Morgan fingerprint density at radius 1 is 1.11 bits per heavy atom. The topological polar surface area (TPSA) is 66.4 Å². The van der Waals surface area contributed by atoms with Crippen LogP contribution in [0.1, 0.15) is 10.4 Å². The van der Waals surface area contributed by atoms with Crippen LogP contribution in [0.4, 0.5) is 27.6 Å². The zero-order valence-electron chi connectivity index (χ0n) is 8.31. The number of carboxylic acid groups (broad SMARTS) is 1. The molecule has 1 amide bonds. The van der Waals surface area contributed by atoms with E-state index in [2.05, 4.69) is 0 Å². The van der Waals surface area contributed by atoms with Gasteiger partial charge in [0.15, 0.2) is 11.6 Å². The molecular weight excluding hydrogens is 265 g/mol. The third kappa shape index (κ3) is 2.73. The van der Waals surface area contributed by atoms with Gasteiger partial charge in [0.05, 0.1) is 11.3 Å². The lowest BCUT2D eigenvalue weighted by molar-refractivity contribution is -0.167. The van der Waals surface area contributed by atoms with Crippen LogP contribution in [0.3, 0.4) is 0 Å². The number of carbonyl (C=O) groups excluding carboxylic acids is 1. The van der Waals surface area contributed by atoms with Crippen molar-refractivity contribution in [2.24, 2.45) is 0 Å². The molecule has 0 radical (unpaired) electrons. The van der Waals surface area contributed by atoms with E-state index in [1.807, 2.05) is 0 Å². The average molecular weight is 269 g/mol. The fraction of sp³-hybridized carbons (Fsp3) is 0.111. The third-order valence-electron chi connectivity index (χ3n) is 1.82. The number of amides is 1. The monoisotopic (exact) mass is 269 g/mol. The summed E-state index contributed by atoms with van der Waals surface area (Å²) >= 11 is 0. The summed E-state index contributed by atoms with van der Waals surface area (Å²) in [7, 11) is 0. The minimum atomic E-state index is -5.27. The summed E-state index contributed by atoms with van der Waals surface area (Å²) in [6.07, 6.45) is -5.27. The Balaban J connectivity index is 3.11. The molecule has 1 rings (SSSR count). The van der Waals surface area contributed by atoms with Gasteiger partial charge in [-0.15, -0.1) is 0 Å². The van der Waals surface area contributed by atoms with Gasteiger partial charge in [0, 0.05) is 0 Å². The number of anilines is 1. The predicted molar refractivity (Wildman–Crippen MR) is 48.0 cm³/mol. The van der Waals surface area contributed by atoms with Crippen molar-refractivity contribution in [3.8, 4) is 0 Å². The zero-order chi connectivity index (χ0) is 14.1. The van der Waals surface area contributed by atoms with E-state index in [-0.39, 0.29) is 0 Å². The first-order valence-corrected chi connectivity index (χ1v) is 4.24. The number of hydrogen-bond acceptors (Lipinski definition) is 2. The minimum absolute atomic E-state index is 0.519. The standard InChI is InChI=1S/C9H4F5NO3/c10-5-3(7(16)17)1-2-4(6(5)11)15-8(18)9(12,13)14/h1-2H,(H,15,18)(H,16,17). The molecule has 18 heavy (non-hydrogen) atoms. The largest absolute Gasteiger partial charge is 0.478 e. The summed E-state index contributed by atoms with van der Waals surface area (Å²) < 4.78 is 61.8. The van der Waals surface area contributed by atoms with Crippen molar-refractivity contribution < 1.29 is 36.6 Å². The third-order valence-corrected chi connectivity index (χ3v) is 1.82. The number of nitrogens with one attached hydrogen (secondary N) is 1. The maximum absolute atomic E-state index is 13.2. The van der Waals surface area contributed by atoms with E-state index in [0.717, 1.165) is 5.32 Å². The van der Waals surface area contributed by atoms with Gasteiger partial charge in [-0.25, -0.2) is 13.6 Å². The van der Waals surface area contributed by atoms with Gasteiger partial charge in [-0.05, 0) is 12.1 Å². The smallest absolute Gasteiger partial charge is 0.471 e. The van der Waals surface area contributed by atoms with Crippen LogP contribution in [0, 0.1) is 11.6 Å². The Kier molecular flexibility index (Phi) is 3.54. The molecule has 0 fully saturated rings. The summed E-state index contributed by atoms with van der Waals surface area (Å²) in [4.78, 5) is 20.9. The van der Waals surface area contributed by atoms with Crippen LogP contribution >= 0.6 is 0 Å². The molecule has 2 N–H and O–H groups in total. The fourth-order valence-corrected chi connectivity index (χ4v) is 1.00. The van der Waals surface area contributed by atoms with Gasteiger partial charge in [0.2, 0.25) is 0 Å². The van der Waals surface area contributed by atoms with Crippen molar-refractivity contribution in [1.82, 2.24) is 0 Å². The second-order valence-corrected chi connectivity index (χ2v) is 3.05. The predicted octanol–water partition coefficient (Wildman–Crippen LogP) is 2.16. The number of halogens is 5. The van der Waals surface area contributed by atoms with Crippen LogP contribution in [0.2, 0.25) is 0 Å². The second-order valence-electron chi connectivity index (χ2n) is 3.05. The highest BCUT2D eigenvalue weighted by Crippen LogP contribution is 2.23. The highest BCUT2D eigenvalue weighted by Gasteiger charge is 2.39. The van der Waals surface area contributed by atoms with Crippen molar-refractivity contribution in [2.45, 2.75) is 6.18 Å². The molecule has 9 heteroatoms. The first-order chi connectivity index (χ1) is 8.14. The van der Waals surface area contributed by atoms with Crippen molar-refractivity contribution in [3.63, 3.8) is 0 Å². The van der Waals surface area contributed by atoms with Crippen LogP contribution < -0.4 is 5.32 Å². The fourth-order valence-electron chi connectivity index (χ4n) is 1.00. The molecule has 0 aromatic heterocycles. The van der Waals surface area contributed by atoms with Gasteiger partial charge >= 0.3 is 18.1 Å². The van der Waals surface area contributed by atoms with Gasteiger partial charge in [-0.3, -0.25) is 4.79 Å². The number of rotatable bonds is 2. The maximum atomic E-state index is 13.2. The van der Waals surface area contributed by atoms with E-state index in [0.29, 0.717) is 12.1 Å². The van der Waals surface area contributed by atoms with E-state index >= 15 is 0 Å². The number of hydrogen-bond donors (Lipinski definition) is 2. The van der Waals surface area contributed by atoms with Crippen LogP contribution in [0.25, 0.3) is 0 Å². The van der Waals surface area contributed by atoms with Gasteiger partial charge < -0.3 is 10.4 Å². The van der Waals surface area contributed by atoms with E-state index < -0.39 is 40.9 Å². The molecular formula is C9H4F5NO3. The first kappa shape index (κ1) is 13.9. The van der Waals surface area contributed by atoms with E-state index in [1.165, 1.54) is 0 Å². The summed E-state index contributed by atoms with van der Waals surface area (Å²) in [6, 6.07) is 1.05.